The van der Waals surface area contributed by atoms with Crippen LogP contribution in [0.1, 0.15) is 5.69 Å². The fourth-order valence-electron chi connectivity index (χ4n) is 1.02. The molecule has 0 aliphatic rings. The largest absolute Gasteiger partial charge is 0.410 e. The van der Waals surface area contributed by atoms with Crippen molar-refractivity contribution in [3.63, 3.8) is 0 Å². The molecule has 7 heteroatoms. The van der Waals surface area contributed by atoms with Gasteiger partial charge in [-0.1, -0.05) is 0 Å². The van der Waals surface area contributed by atoms with Crippen molar-refractivity contribution >= 4 is 17.8 Å². The molecule has 0 spiro atoms. The van der Waals surface area contributed by atoms with E-state index in [9.17, 15) is 9.59 Å². The molecule has 0 aliphatic heterocycles. The molecule has 1 aromatic rings. The Labute approximate surface area is 84.9 Å². The van der Waals surface area contributed by atoms with E-state index in [0.717, 1.165) is 0 Å². The second-order valence-corrected chi connectivity index (χ2v) is 2.79. The SMILES string of the molecule is [N-]=[N+]=C([C]=O)C(=O)[C@@H](N)Cc1c[nH]cn1. The number of imidazole rings is 1. The van der Waals surface area contributed by atoms with E-state index in [1.54, 1.807) is 6.20 Å². The second kappa shape index (κ2) is 4.94. The van der Waals surface area contributed by atoms with Crippen LogP contribution in [0.3, 0.4) is 0 Å². The van der Waals surface area contributed by atoms with Gasteiger partial charge < -0.3 is 16.2 Å². The van der Waals surface area contributed by atoms with Gasteiger partial charge in [-0.2, -0.15) is 4.79 Å². The van der Waals surface area contributed by atoms with Gasteiger partial charge in [0.05, 0.1) is 18.1 Å². The van der Waals surface area contributed by atoms with Gasteiger partial charge in [-0.15, -0.1) is 0 Å². The minimum Gasteiger partial charge on any atom is -0.360 e. The molecule has 1 rings (SSSR count). The first-order valence-electron chi connectivity index (χ1n) is 4.06. The van der Waals surface area contributed by atoms with E-state index in [1.807, 2.05) is 0 Å². The summed E-state index contributed by atoms with van der Waals surface area (Å²) in [7, 11) is 0. The molecule has 1 atom stereocenters. The van der Waals surface area contributed by atoms with Gasteiger partial charge in [-0.3, -0.25) is 9.59 Å². The maximum Gasteiger partial charge on any atom is 0.410 e. The highest BCUT2D eigenvalue weighted by Crippen LogP contribution is 1.97. The lowest BCUT2D eigenvalue weighted by molar-refractivity contribution is -0.117. The van der Waals surface area contributed by atoms with E-state index in [1.165, 1.54) is 12.6 Å². The first kappa shape index (κ1) is 11.0. The summed E-state index contributed by atoms with van der Waals surface area (Å²) in [6, 6.07) is -0.972. The minimum absolute atomic E-state index is 0.156. The maximum atomic E-state index is 11.3. The Kier molecular flexibility index (Phi) is 3.61. The van der Waals surface area contributed by atoms with E-state index in [4.69, 9.17) is 11.3 Å². The predicted molar refractivity (Wildman–Crippen MR) is 49.6 cm³/mol. The van der Waals surface area contributed by atoms with Crippen molar-refractivity contribution in [2.24, 2.45) is 5.73 Å². The molecule has 7 nitrogen and oxygen atoms in total. The highest BCUT2D eigenvalue weighted by Gasteiger charge is 2.27. The molecule has 1 aromatic heterocycles. The lowest BCUT2D eigenvalue weighted by Crippen LogP contribution is -2.38. The Morgan fingerprint density at radius 2 is 2.53 bits per heavy atom. The van der Waals surface area contributed by atoms with Crippen LogP contribution in [-0.4, -0.2) is 38.6 Å². The average Bonchev–Trinajstić information content (AvgIpc) is 2.72. The van der Waals surface area contributed by atoms with Gasteiger partial charge in [0.15, 0.2) is 0 Å². The fraction of sp³-hybridized carbons (Fsp3) is 0.250. The summed E-state index contributed by atoms with van der Waals surface area (Å²) in [4.78, 5) is 30.5. The number of nitrogens with one attached hydrogen (secondary N) is 1. The molecular weight excluding hydrogens is 198 g/mol. The quantitative estimate of drug-likeness (QED) is 0.267. The number of H-pyrrole nitrogens is 1. The Morgan fingerprint density at radius 1 is 1.80 bits per heavy atom. The zero-order chi connectivity index (χ0) is 11.3. The summed E-state index contributed by atoms with van der Waals surface area (Å²) in [5.41, 5.74) is 13.7. The maximum absolute atomic E-state index is 11.3. The minimum atomic E-state index is -0.972. The van der Waals surface area contributed by atoms with Crippen molar-refractivity contribution in [2.45, 2.75) is 12.5 Å². The van der Waals surface area contributed by atoms with Crippen LogP contribution in [0.2, 0.25) is 0 Å². The second-order valence-electron chi connectivity index (χ2n) is 2.79. The van der Waals surface area contributed by atoms with Crippen LogP contribution in [-0.2, 0) is 16.0 Å². The normalized spacial score (nSPS) is 11.5. The Bertz CT molecular complexity index is 405. The van der Waals surface area contributed by atoms with E-state index < -0.39 is 17.5 Å². The van der Waals surface area contributed by atoms with Gasteiger partial charge in [0, 0.05) is 12.6 Å². The number of hydrogen-bond acceptors (Lipinski definition) is 4. The number of rotatable bonds is 5. The summed E-state index contributed by atoms with van der Waals surface area (Å²) in [5.74, 6) is -0.768. The Morgan fingerprint density at radius 3 is 3.00 bits per heavy atom. The highest BCUT2D eigenvalue weighted by atomic mass is 16.1. The summed E-state index contributed by atoms with van der Waals surface area (Å²) >= 11 is 0. The third-order valence-corrected chi connectivity index (χ3v) is 1.75. The standard InChI is InChI=1S/C8H8N5O2/c9-6(1-5-2-11-4-12-5)8(15)7(3-14)13-10/h2,4,6H,1,9H2,(H,11,12)/t6-/m0/s1. The zero-order valence-electron chi connectivity index (χ0n) is 7.67. The van der Waals surface area contributed by atoms with Crippen LogP contribution in [0.4, 0.5) is 0 Å². The molecular formula is C8H8N5O2. The monoisotopic (exact) mass is 206 g/mol. The number of ketones is 1. The van der Waals surface area contributed by atoms with Crippen LogP contribution in [0.5, 0.6) is 0 Å². The van der Waals surface area contributed by atoms with Crippen molar-refractivity contribution in [1.29, 1.82) is 0 Å². The van der Waals surface area contributed by atoms with Crippen LogP contribution in [0, 0.1) is 0 Å². The van der Waals surface area contributed by atoms with E-state index in [2.05, 4.69) is 14.8 Å². The van der Waals surface area contributed by atoms with Crippen molar-refractivity contribution < 1.29 is 14.4 Å². The Balaban J connectivity index is 2.69. The van der Waals surface area contributed by atoms with Crippen molar-refractivity contribution in [2.75, 3.05) is 0 Å². The van der Waals surface area contributed by atoms with Gasteiger partial charge >= 0.3 is 12.0 Å². The van der Waals surface area contributed by atoms with Crippen LogP contribution < -0.4 is 5.73 Å². The average molecular weight is 206 g/mol. The van der Waals surface area contributed by atoms with Crippen molar-refractivity contribution in [3.8, 4) is 0 Å². The third-order valence-electron chi connectivity index (χ3n) is 1.75. The number of aromatic nitrogens is 2. The summed E-state index contributed by atoms with van der Waals surface area (Å²) in [6.07, 6.45) is 4.38. The van der Waals surface area contributed by atoms with Gasteiger partial charge in [0.1, 0.15) is 0 Å². The predicted octanol–water partition coefficient (Wildman–Crippen LogP) is -1.37. The molecule has 0 unspecified atom stereocenters. The number of hydrogen-bond donors (Lipinski definition) is 2. The molecule has 0 saturated carbocycles. The molecule has 0 amide bonds. The molecule has 0 saturated heterocycles. The van der Waals surface area contributed by atoms with Gasteiger partial charge in [-0.05, 0) is 0 Å². The topological polar surface area (TPSA) is 125 Å². The summed E-state index contributed by atoms with van der Waals surface area (Å²) in [5, 5.41) is 0. The summed E-state index contributed by atoms with van der Waals surface area (Å²) < 4.78 is 0. The molecule has 1 heterocycles. The third kappa shape index (κ3) is 2.67. The lowest BCUT2D eigenvalue weighted by atomic mass is 10.1. The molecule has 0 aromatic carbocycles. The molecule has 0 fully saturated rings. The Hall–Kier alpha value is -2.11. The number of Topliss-reactive ketones (excluding diaryl/α,β-unsaturated/α-hetero) is 1. The molecule has 1 radical (unpaired) electrons. The number of nitrogens with two attached hydrogens (primary N) is 1. The first-order valence-corrected chi connectivity index (χ1v) is 4.06. The fourth-order valence-corrected chi connectivity index (χ4v) is 1.02. The van der Waals surface area contributed by atoms with Crippen LogP contribution in [0.15, 0.2) is 12.5 Å². The van der Waals surface area contributed by atoms with Gasteiger partial charge in [0.25, 0.3) is 5.78 Å². The molecule has 0 bridgehead atoms. The first-order chi connectivity index (χ1) is 7.19. The number of carbonyl (C=O) groups is 1. The van der Waals surface area contributed by atoms with Crippen LogP contribution in [0.25, 0.3) is 5.53 Å². The van der Waals surface area contributed by atoms with Crippen molar-refractivity contribution in [1.82, 2.24) is 9.97 Å². The molecule has 15 heavy (non-hydrogen) atoms. The summed E-state index contributed by atoms with van der Waals surface area (Å²) in [6.45, 7) is 0. The van der Waals surface area contributed by atoms with E-state index >= 15 is 0 Å². The molecule has 77 valence electrons. The van der Waals surface area contributed by atoms with Crippen LogP contribution >= 0.6 is 0 Å². The zero-order valence-corrected chi connectivity index (χ0v) is 7.67. The smallest absolute Gasteiger partial charge is 0.360 e. The molecule has 0 aliphatic carbocycles. The van der Waals surface area contributed by atoms with Crippen molar-refractivity contribution in [3.05, 3.63) is 23.7 Å². The highest BCUT2D eigenvalue weighted by molar-refractivity contribution is 6.59. The number of aromatic amines is 1. The van der Waals surface area contributed by atoms with Gasteiger partial charge in [-0.25, -0.2) is 4.98 Å². The lowest BCUT2D eigenvalue weighted by Gasteiger charge is -2.02. The van der Waals surface area contributed by atoms with E-state index in [-0.39, 0.29) is 6.42 Å². The molecule has 3 N–H and O–H groups in total. The number of nitrogens with zero attached hydrogens (tertiary/aromatic N) is 3. The number of carbonyl (C=O) groups excluding carboxylic acids is 2. The van der Waals surface area contributed by atoms with E-state index in [0.29, 0.717) is 5.69 Å². The van der Waals surface area contributed by atoms with Gasteiger partial charge in [0.2, 0.25) is 0 Å².